The van der Waals surface area contributed by atoms with E-state index >= 15 is 0 Å². The molecule has 7 nitrogen and oxygen atoms in total. The van der Waals surface area contributed by atoms with Gasteiger partial charge in [-0.25, -0.2) is 4.79 Å². The van der Waals surface area contributed by atoms with Crippen molar-refractivity contribution in [3.63, 3.8) is 0 Å². The Labute approximate surface area is 150 Å². The SMILES string of the molecule is CCCc1nc(CN2C(=O)NC(CC)(c3ccc(Cl)cc3)C2=O)no1. The van der Waals surface area contributed by atoms with Gasteiger partial charge in [0, 0.05) is 11.4 Å². The maximum Gasteiger partial charge on any atom is 0.325 e. The van der Waals surface area contributed by atoms with E-state index in [0.717, 1.165) is 11.3 Å². The third-order valence-corrected chi connectivity index (χ3v) is 4.57. The number of aromatic nitrogens is 2. The molecule has 0 radical (unpaired) electrons. The zero-order valence-corrected chi connectivity index (χ0v) is 14.8. The molecule has 1 atom stereocenters. The molecule has 1 unspecified atom stereocenters. The molecule has 2 aromatic rings. The second kappa shape index (κ2) is 6.84. The molecule has 3 amide bonds. The van der Waals surface area contributed by atoms with Gasteiger partial charge in [-0.05, 0) is 30.5 Å². The number of carbonyl (C=O) groups excluding carboxylic acids is 2. The first-order valence-electron chi connectivity index (χ1n) is 8.21. The van der Waals surface area contributed by atoms with Crippen molar-refractivity contribution < 1.29 is 14.1 Å². The minimum Gasteiger partial charge on any atom is -0.339 e. The smallest absolute Gasteiger partial charge is 0.325 e. The zero-order chi connectivity index (χ0) is 18.0. The van der Waals surface area contributed by atoms with Crippen molar-refractivity contribution in [2.24, 2.45) is 0 Å². The molecule has 3 rings (SSSR count). The van der Waals surface area contributed by atoms with Crippen molar-refractivity contribution in [3.05, 3.63) is 46.6 Å². The van der Waals surface area contributed by atoms with Gasteiger partial charge in [-0.1, -0.05) is 42.7 Å². The summed E-state index contributed by atoms with van der Waals surface area (Å²) in [5.41, 5.74) is -0.405. The van der Waals surface area contributed by atoms with Crippen molar-refractivity contribution in [1.29, 1.82) is 0 Å². The molecular formula is C17H19ClN4O3. The van der Waals surface area contributed by atoms with Crippen LogP contribution in [0.2, 0.25) is 5.02 Å². The van der Waals surface area contributed by atoms with E-state index in [-0.39, 0.29) is 12.5 Å². The number of aryl methyl sites for hydroxylation is 1. The molecule has 25 heavy (non-hydrogen) atoms. The highest BCUT2D eigenvalue weighted by Gasteiger charge is 2.51. The first kappa shape index (κ1) is 17.4. The van der Waals surface area contributed by atoms with E-state index in [1.54, 1.807) is 24.3 Å². The number of halogens is 1. The number of urea groups is 1. The summed E-state index contributed by atoms with van der Waals surface area (Å²) >= 11 is 5.93. The summed E-state index contributed by atoms with van der Waals surface area (Å²) < 4.78 is 5.12. The first-order chi connectivity index (χ1) is 12.0. The monoisotopic (exact) mass is 362 g/mol. The van der Waals surface area contributed by atoms with Crippen LogP contribution in [0.25, 0.3) is 0 Å². The topological polar surface area (TPSA) is 88.3 Å². The number of hydrogen-bond donors (Lipinski definition) is 1. The largest absolute Gasteiger partial charge is 0.339 e. The summed E-state index contributed by atoms with van der Waals surface area (Å²) in [5, 5.41) is 7.23. The Morgan fingerprint density at radius 1 is 1.24 bits per heavy atom. The van der Waals surface area contributed by atoms with Crippen molar-refractivity contribution in [1.82, 2.24) is 20.4 Å². The van der Waals surface area contributed by atoms with Crippen molar-refractivity contribution >= 4 is 23.5 Å². The van der Waals surface area contributed by atoms with Crippen LogP contribution in [0.5, 0.6) is 0 Å². The maximum absolute atomic E-state index is 13.0. The van der Waals surface area contributed by atoms with Crippen LogP contribution in [-0.2, 0) is 23.3 Å². The van der Waals surface area contributed by atoms with Crippen molar-refractivity contribution in [2.75, 3.05) is 0 Å². The second-order valence-electron chi connectivity index (χ2n) is 5.94. The van der Waals surface area contributed by atoms with Gasteiger partial charge >= 0.3 is 6.03 Å². The van der Waals surface area contributed by atoms with Crippen LogP contribution < -0.4 is 5.32 Å². The Morgan fingerprint density at radius 2 is 1.96 bits per heavy atom. The number of amides is 3. The zero-order valence-electron chi connectivity index (χ0n) is 14.1. The third-order valence-electron chi connectivity index (χ3n) is 4.32. The fourth-order valence-electron chi connectivity index (χ4n) is 2.95. The van der Waals surface area contributed by atoms with E-state index < -0.39 is 11.6 Å². The predicted octanol–water partition coefficient (Wildman–Crippen LogP) is 3.03. The Bertz CT molecular complexity index is 789. The van der Waals surface area contributed by atoms with Crippen LogP contribution in [0.3, 0.4) is 0 Å². The van der Waals surface area contributed by atoms with E-state index in [2.05, 4.69) is 15.5 Å². The number of carbonyl (C=O) groups is 2. The summed E-state index contributed by atoms with van der Waals surface area (Å²) in [6.45, 7) is 3.83. The molecule has 0 bridgehead atoms. The number of hydrogen-bond acceptors (Lipinski definition) is 5. The van der Waals surface area contributed by atoms with Gasteiger partial charge in [0.15, 0.2) is 5.82 Å². The normalized spacial score (nSPS) is 20.2. The lowest BCUT2D eigenvalue weighted by Gasteiger charge is -2.25. The predicted molar refractivity (Wildman–Crippen MR) is 90.8 cm³/mol. The third kappa shape index (κ3) is 3.11. The average Bonchev–Trinajstić information content (AvgIpc) is 3.14. The Balaban J connectivity index is 1.86. The lowest BCUT2D eigenvalue weighted by Crippen LogP contribution is -2.43. The molecule has 1 aliphatic heterocycles. The van der Waals surface area contributed by atoms with Crippen LogP contribution in [0, 0.1) is 0 Å². The summed E-state index contributed by atoms with van der Waals surface area (Å²) in [4.78, 5) is 30.8. The molecule has 2 heterocycles. The molecule has 0 spiro atoms. The molecule has 1 aliphatic rings. The standard InChI is InChI=1S/C17H19ClN4O3/c1-3-5-14-19-13(21-25-14)10-22-15(23)17(4-2,20-16(22)24)11-6-8-12(18)9-7-11/h6-9H,3-5,10H2,1-2H3,(H,20,24). The summed E-state index contributed by atoms with van der Waals surface area (Å²) in [7, 11) is 0. The van der Waals surface area contributed by atoms with Gasteiger partial charge in [0.1, 0.15) is 5.54 Å². The van der Waals surface area contributed by atoms with Gasteiger partial charge < -0.3 is 9.84 Å². The van der Waals surface area contributed by atoms with Crippen LogP contribution in [0.1, 0.15) is 44.0 Å². The quantitative estimate of drug-likeness (QED) is 0.798. The minimum absolute atomic E-state index is 0.0206. The highest BCUT2D eigenvalue weighted by molar-refractivity contribution is 6.30. The fraction of sp³-hybridized carbons (Fsp3) is 0.412. The average molecular weight is 363 g/mol. The van der Waals surface area contributed by atoms with E-state index in [1.807, 2.05) is 13.8 Å². The highest BCUT2D eigenvalue weighted by Crippen LogP contribution is 2.33. The van der Waals surface area contributed by atoms with E-state index in [0.29, 0.717) is 35.1 Å². The van der Waals surface area contributed by atoms with Crippen LogP contribution in [0.15, 0.2) is 28.8 Å². The molecule has 1 fully saturated rings. The van der Waals surface area contributed by atoms with Crippen molar-refractivity contribution in [3.8, 4) is 0 Å². The molecule has 1 aromatic heterocycles. The van der Waals surface area contributed by atoms with Crippen LogP contribution in [-0.4, -0.2) is 27.0 Å². The minimum atomic E-state index is -1.10. The number of imide groups is 1. The molecule has 1 aromatic carbocycles. The number of nitrogens with one attached hydrogen (secondary N) is 1. The van der Waals surface area contributed by atoms with Gasteiger partial charge in [0.2, 0.25) is 5.89 Å². The number of nitrogens with zero attached hydrogens (tertiary/aromatic N) is 3. The first-order valence-corrected chi connectivity index (χ1v) is 8.59. The Kier molecular flexibility index (Phi) is 4.76. The summed E-state index contributed by atoms with van der Waals surface area (Å²) in [5.74, 6) is 0.489. The molecule has 0 saturated carbocycles. The lowest BCUT2D eigenvalue weighted by atomic mass is 9.87. The van der Waals surface area contributed by atoms with Crippen molar-refractivity contribution in [2.45, 2.75) is 45.2 Å². The van der Waals surface area contributed by atoms with Gasteiger partial charge in [-0.15, -0.1) is 0 Å². The second-order valence-corrected chi connectivity index (χ2v) is 6.38. The van der Waals surface area contributed by atoms with Gasteiger partial charge in [0.05, 0.1) is 6.54 Å². The lowest BCUT2D eigenvalue weighted by molar-refractivity contribution is -0.132. The van der Waals surface area contributed by atoms with E-state index in [4.69, 9.17) is 16.1 Å². The number of benzene rings is 1. The molecule has 1 N–H and O–H groups in total. The van der Waals surface area contributed by atoms with Gasteiger partial charge in [-0.2, -0.15) is 4.98 Å². The van der Waals surface area contributed by atoms with Gasteiger partial charge in [0.25, 0.3) is 5.91 Å². The highest BCUT2D eigenvalue weighted by atomic mass is 35.5. The summed E-state index contributed by atoms with van der Waals surface area (Å²) in [6.07, 6.45) is 1.96. The maximum atomic E-state index is 13.0. The number of rotatable bonds is 6. The summed E-state index contributed by atoms with van der Waals surface area (Å²) in [6, 6.07) is 6.44. The van der Waals surface area contributed by atoms with E-state index in [1.165, 1.54) is 0 Å². The Morgan fingerprint density at radius 3 is 2.60 bits per heavy atom. The molecule has 1 saturated heterocycles. The molecule has 132 valence electrons. The molecular weight excluding hydrogens is 344 g/mol. The Hall–Kier alpha value is -2.41. The molecule has 0 aliphatic carbocycles. The van der Waals surface area contributed by atoms with E-state index in [9.17, 15) is 9.59 Å². The molecule has 8 heteroatoms. The van der Waals surface area contributed by atoms with Crippen LogP contribution >= 0.6 is 11.6 Å². The van der Waals surface area contributed by atoms with Gasteiger partial charge in [-0.3, -0.25) is 9.69 Å². The van der Waals surface area contributed by atoms with Crippen LogP contribution in [0.4, 0.5) is 4.79 Å². The fourth-order valence-corrected chi connectivity index (χ4v) is 3.08.